The van der Waals surface area contributed by atoms with E-state index >= 15 is 0 Å². The van der Waals surface area contributed by atoms with Gasteiger partial charge in [0, 0.05) is 0 Å². The van der Waals surface area contributed by atoms with Crippen molar-refractivity contribution >= 4 is 5.69 Å². The van der Waals surface area contributed by atoms with Crippen LogP contribution in [-0.4, -0.2) is 0 Å². The first-order chi connectivity index (χ1) is 8.18. The SMILES string of the molecule is CC(c1ccccc1)N(N)c1ccc(F)cc1. The molecule has 0 aliphatic rings. The molecule has 0 amide bonds. The van der Waals surface area contributed by atoms with Crippen molar-refractivity contribution < 1.29 is 4.39 Å². The van der Waals surface area contributed by atoms with Gasteiger partial charge in [0.15, 0.2) is 0 Å². The Morgan fingerprint density at radius 1 is 1.00 bits per heavy atom. The molecule has 2 N–H and O–H groups in total. The maximum absolute atomic E-state index is 12.8. The lowest BCUT2D eigenvalue weighted by atomic mass is 10.1. The van der Waals surface area contributed by atoms with E-state index in [1.807, 2.05) is 37.3 Å². The first kappa shape index (κ1) is 11.6. The van der Waals surface area contributed by atoms with Gasteiger partial charge in [-0.2, -0.15) is 0 Å². The molecule has 0 bridgehead atoms. The molecule has 0 aliphatic carbocycles. The zero-order chi connectivity index (χ0) is 12.3. The van der Waals surface area contributed by atoms with E-state index in [0.717, 1.165) is 11.3 Å². The molecule has 2 nitrogen and oxygen atoms in total. The second-order valence-electron chi connectivity index (χ2n) is 3.97. The minimum absolute atomic E-state index is 0.0432. The zero-order valence-corrected chi connectivity index (χ0v) is 9.68. The largest absolute Gasteiger partial charge is 0.304 e. The van der Waals surface area contributed by atoms with Gasteiger partial charge < -0.3 is 5.01 Å². The summed E-state index contributed by atoms with van der Waals surface area (Å²) in [6.07, 6.45) is 0. The molecule has 88 valence electrons. The first-order valence-electron chi connectivity index (χ1n) is 5.53. The van der Waals surface area contributed by atoms with E-state index in [2.05, 4.69) is 0 Å². The normalized spacial score (nSPS) is 12.2. The second-order valence-corrected chi connectivity index (χ2v) is 3.97. The van der Waals surface area contributed by atoms with Gasteiger partial charge in [0.2, 0.25) is 0 Å². The van der Waals surface area contributed by atoms with Gasteiger partial charge in [-0.25, -0.2) is 10.2 Å². The highest BCUT2D eigenvalue weighted by atomic mass is 19.1. The Kier molecular flexibility index (Phi) is 3.40. The summed E-state index contributed by atoms with van der Waals surface area (Å²) in [4.78, 5) is 0. The molecule has 0 fully saturated rings. The lowest BCUT2D eigenvalue weighted by Crippen LogP contribution is -2.33. The highest BCUT2D eigenvalue weighted by Crippen LogP contribution is 2.23. The summed E-state index contributed by atoms with van der Waals surface area (Å²) in [7, 11) is 0. The Labute approximate surface area is 100 Å². The third-order valence-corrected chi connectivity index (χ3v) is 2.82. The van der Waals surface area contributed by atoms with Gasteiger partial charge >= 0.3 is 0 Å². The van der Waals surface area contributed by atoms with Crippen LogP contribution in [0, 0.1) is 5.82 Å². The summed E-state index contributed by atoms with van der Waals surface area (Å²) in [6, 6.07) is 16.2. The van der Waals surface area contributed by atoms with Crippen LogP contribution in [0.5, 0.6) is 0 Å². The van der Waals surface area contributed by atoms with E-state index in [9.17, 15) is 4.39 Å². The molecule has 2 aromatic carbocycles. The summed E-state index contributed by atoms with van der Waals surface area (Å²) >= 11 is 0. The number of anilines is 1. The van der Waals surface area contributed by atoms with Crippen molar-refractivity contribution in [3.8, 4) is 0 Å². The molecule has 0 heterocycles. The number of hydrazine groups is 1. The zero-order valence-electron chi connectivity index (χ0n) is 9.68. The number of rotatable bonds is 3. The van der Waals surface area contributed by atoms with Crippen molar-refractivity contribution in [2.75, 3.05) is 5.01 Å². The Morgan fingerprint density at radius 3 is 2.18 bits per heavy atom. The highest BCUT2D eigenvalue weighted by Gasteiger charge is 2.12. The molecule has 1 atom stereocenters. The van der Waals surface area contributed by atoms with Gasteiger partial charge in [-0.05, 0) is 36.8 Å². The van der Waals surface area contributed by atoms with Crippen LogP contribution in [0.15, 0.2) is 54.6 Å². The van der Waals surface area contributed by atoms with Gasteiger partial charge in [0.1, 0.15) is 5.82 Å². The van der Waals surface area contributed by atoms with Crippen molar-refractivity contribution in [1.82, 2.24) is 0 Å². The maximum atomic E-state index is 12.8. The van der Waals surface area contributed by atoms with Gasteiger partial charge in [-0.1, -0.05) is 30.3 Å². The fourth-order valence-electron chi connectivity index (χ4n) is 1.73. The monoisotopic (exact) mass is 230 g/mol. The molecular formula is C14H15FN2. The smallest absolute Gasteiger partial charge is 0.123 e. The van der Waals surface area contributed by atoms with Crippen LogP contribution in [0.1, 0.15) is 18.5 Å². The molecule has 0 radical (unpaired) electrons. The van der Waals surface area contributed by atoms with Crippen molar-refractivity contribution in [3.63, 3.8) is 0 Å². The predicted molar refractivity (Wildman–Crippen MR) is 67.9 cm³/mol. The van der Waals surface area contributed by atoms with E-state index in [4.69, 9.17) is 5.84 Å². The van der Waals surface area contributed by atoms with Crippen molar-refractivity contribution in [3.05, 3.63) is 66.0 Å². The minimum atomic E-state index is -0.255. The van der Waals surface area contributed by atoms with Crippen molar-refractivity contribution in [1.29, 1.82) is 0 Å². The molecule has 1 unspecified atom stereocenters. The van der Waals surface area contributed by atoms with Crippen LogP contribution in [-0.2, 0) is 0 Å². The van der Waals surface area contributed by atoms with Crippen LogP contribution in [0.2, 0.25) is 0 Å². The number of hydrogen-bond acceptors (Lipinski definition) is 2. The van der Waals surface area contributed by atoms with Crippen LogP contribution in [0.3, 0.4) is 0 Å². The number of hydrogen-bond donors (Lipinski definition) is 1. The van der Waals surface area contributed by atoms with E-state index in [1.165, 1.54) is 12.1 Å². The van der Waals surface area contributed by atoms with E-state index < -0.39 is 0 Å². The Hall–Kier alpha value is -1.87. The number of nitrogens with two attached hydrogens (primary N) is 1. The first-order valence-corrected chi connectivity index (χ1v) is 5.53. The van der Waals surface area contributed by atoms with Gasteiger partial charge in [0.25, 0.3) is 0 Å². The number of benzene rings is 2. The molecular weight excluding hydrogens is 215 g/mol. The third-order valence-electron chi connectivity index (χ3n) is 2.82. The molecule has 0 spiro atoms. The molecule has 0 aromatic heterocycles. The van der Waals surface area contributed by atoms with E-state index in [0.29, 0.717) is 0 Å². The Balaban J connectivity index is 2.20. The number of nitrogens with zero attached hydrogens (tertiary/aromatic N) is 1. The fourth-order valence-corrected chi connectivity index (χ4v) is 1.73. The molecule has 17 heavy (non-hydrogen) atoms. The molecule has 2 rings (SSSR count). The Morgan fingerprint density at radius 2 is 1.59 bits per heavy atom. The van der Waals surface area contributed by atoms with E-state index in [1.54, 1.807) is 17.1 Å². The average Bonchev–Trinajstić information content (AvgIpc) is 2.39. The second kappa shape index (κ2) is 4.97. The average molecular weight is 230 g/mol. The van der Waals surface area contributed by atoms with Crippen molar-refractivity contribution in [2.24, 2.45) is 5.84 Å². The molecule has 0 aliphatic heterocycles. The molecule has 0 saturated carbocycles. The molecule has 0 saturated heterocycles. The fraction of sp³-hybridized carbons (Fsp3) is 0.143. The lowest BCUT2D eigenvalue weighted by Gasteiger charge is -2.26. The van der Waals surface area contributed by atoms with Crippen LogP contribution >= 0.6 is 0 Å². The summed E-state index contributed by atoms with van der Waals surface area (Å²) < 4.78 is 12.8. The van der Waals surface area contributed by atoms with E-state index in [-0.39, 0.29) is 11.9 Å². The molecule has 3 heteroatoms. The summed E-state index contributed by atoms with van der Waals surface area (Å²) in [6.45, 7) is 2.01. The predicted octanol–water partition coefficient (Wildman–Crippen LogP) is 3.27. The lowest BCUT2D eigenvalue weighted by molar-refractivity contribution is 0.626. The van der Waals surface area contributed by atoms with Crippen LogP contribution < -0.4 is 10.9 Å². The minimum Gasteiger partial charge on any atom is -0.304 e. The Bertz CT molecular complexity index is 467. The summed E-state index contributed by atoms with van der Waals surface area (Å²) in [5.41, 5.74) is 1.92. The maximum Gasteiger partial charge on any atom is 0.123 e. The van der Waals surface area contributed by atoms with Gasteiger partial charge in [-0.3, -0.25) is 0 Å². The van der Waals surface area contributed by atoms with Gasteiger partial charge in [-0.15, -0.1) is 0 Å². The topological polar surface area (TPSA) is 29.3 Å². The quantitative estimate of drug-likeness (QED) is 0.647. The summed E-state index contributed by atoms with van der Waals surface area (Å²) in [5.74, 6) is 5.78. The molecule has 2 aromatic rings. The standard InChI is InChI=1S/C14H15FN2/c1-11(12-5-3-2-4-6-12)17(16)14-9-7-13(15)8-10-14/h2-11H,16H2,1H3. The highest BCUT2D eigenvalue weighted by molar-refractivity contribution is 5.47. The third kappa shape index (κ3) is 2.63. The van der Waals surface area contributed by atoms with Gasteiger partial charge in [0.05, 0.1) is 11.7 Å². The number of halogens is 1. The van der Waals surface area contributed by atoms with Crippen LogP contribution in [0.25, 0.3) is 0 Å². The van der Waals surface area contributed by atoms with Crippen LogP contribution in [0.4, 0.5) is 10.1 Å². The van der Waals surface area contributed by atoms with Crippen molar-refractivity contribution in [2.45, 2.75) is 13.0 Å². The summed E-state index contributed by atoms with van der Waals surface area (Å²) in [5, 5.41) is 1.63.